The van der Waals surface area contributed by atoms with Gasteiger partial charge < -0.3 is 9.55 Å². The van der Waals surface area contributed by atoms with Crippen LogP contribution in [0.3, 0.4) is 0 Å². The number of rotatable bonds is 3. The molecule has 0 aliphatic heterocycles. The zero-order chi connectivity index (χ0) is 25.1. The van der Waals surface area contributed by atoms with Crippen molar-refractivity contribution in [3.05, 3.63) is 140 Å². The van der Waals surface area contributed by atoms with Crippen molar-refractivity contribution in [1.29, 1.82) is 0 Å². The van der Waals surface area contributed by atoms with Crippen molar-refractivity contribution in [3.8, 4) is 27.9 Å². The van der Waals surface area contributed by atoms with E-state index in [1.165, 1.54) is 66.0 Å². The SMILES string of the molecule is c1ccc(-c2ccc3c(c2)c2cc(-c4ccccc4)ccc2n3-c2ccc3[nH]c4ccccc4c3c2)cc1. The summed E-state index contributed by atoms with van der Waals surface area (Å²) in [5.41, 5.74) is 10.8. The number of hydrogen-bond donors (Lipinski definition) is 1. The zero-order valence-corrected chi connectivity index (χ0v) is 20.7. The summed E-state index contributed by atoms with van der Waals surface area (Å²) < 4.78 is 2.41. The highest BCUT2D eigenvalue weighted by atomic mass is 15.0. The molecule has 0 atom stereocenters. The van der Waals surface area contributed by atoms with Gasteiger partial charge in [0, 0.05) is 38.3 Å². The maximum absolute atomic E-state index is 3.57. The van der Waals surface area contributed by atoms with E-state index in [1.807, 2.05) is 0 Å². The van der Waals surface area contributed by atoms with Crippen LogP contribution in [0.15, 0.2) is 140 Å². The highest BCUT2D eigenvalue weighted by Crippen LogP contribution is 2.38. The minimum absolute atomic E-state index is 1.16. The van der Waals surface area contributed by atoms with Gasteiger partial charge in [0.15, 0.2) is 0 Å². The lowest BCUT2D eigenvalue weighted by Gasteiger charge is -2.09. The van der Waals surface area contributed by atoms with Crippen molar-refractivity contribution < 1.29 is 0 Å². The molecule has 1 N–H and O–H groups in total. The second kappa shape index (κ2) is 8.22. The molecule has 2 nitrogen and oxygen atoms in total. The van der Waals surface area contributed by atoms with Crippen LogP contribution >= 0.6 is 0 Å². The molecule has 0 fully saturated rings. The van der Waals surface area contributed by atoms with Gasteiger partial charge in [-0.05, 0) is 70.8 Å². The van der Waals surface area contributed by atoms with Crippen LogP contribution in [0.4, 0.5) is 0 Å². The predicted molar refractivity (Wildman–Crippen MR) is 161 cm³/mol. The smallest absolute Gasteiger partial charge is 0.0541 e. The Balaban J connectivity index is 1.43. The van der Waals surface area contributed by atoms with Gasteiger partial charge >= 0.3 is 0 Å². The van der Waals surface area contributed by atoms with Crippen molar-refractivity contribution in [1.82, 2.24) is 9.55 Å². The van der Waals surface area contributed by atoms with Crippen LogP contribution in [0.5, 0.6) is 0 Å². The zero-order valence-electron chi connectivity index (χ0n) is 20.7. The molecule has 2 heterocycles. The van der Waals surface area contributed by atoms with E-state index in [0.717, 1.165) is 5.52 Å². The molecular weight excluding hydrogens is 460 g/mol. The Morgan fingerprint density at radius 3 is 1.55 bits per heavy atom. The maximum Gasteiger partial charge on any atom is 0.0541 e. The number of nitrogens with zero attached hydrogens (tertiary/aromatic N) is 1. The Kier molecular flexibility index (Phi) is 4.55. The first-order valence-corrected chi connectivity index (χ1v) is 13.0. The standard InChI is InChI=1S/C36H24N2/c1-3-9-24(10-4-1)26-15-19-35-31(21-26)32-22-27(25-11-5-2-6-12-25)16-20-36(32)38(35)28-17-18-34-30(23-28)29-13-7-8-14-33(29)37-34/h1-23,37H. The topological polar surface area (TPSA) is 20.7 Å². The van der Waals surface area contributed by atoms with Crippen LogP contribution in [-0.2, 0) is 0 Å². The summed E-state index contributed by atoms with van der Waals surface area (Å²) in [6, 6.07) is 50.3. The van der Waals surface area contributed by atoms with Crippen molar-refractivity contribution in [2.24, 2.45) is 0 Å². The van der Waals surface area contributed by atoms with Crippen LogP contribution in [0.1, 0.15) is 0 Å². The summed E-state index contributed by atoms with van der Waals surface area (Å²) in [6.07, 6.45) is 0. The number of H-pyrrole nitrogens is 1. The Hall–Kier alpha value is -5.08. The Labute approximate surface area is 220 Å². The lowest BCUT2D eigenvalue weighted by Crippen LogP contribution is -1.93. The van der Waals surface area contributed by atoms with Crippen molar-refractivity contribution in [3.63, 3.8) is 0 Å². The average molecular weight is 485 g/mol. The van der Waals surface area contributed by atoms with E-state index in [2.05, 4.69) is 149 Å². The van der Waals surface area contributed by atoms with E-state index in [4.69, 9.17) is 0 Å². The molecule has 6 aromatic carbocycles. The molecule has 0 aliphatic carbocycles. The van der Waals surface area contributed by atoms with Gasteiger partial charge in [0.1, 0.15) is 0 Å². The minimum atomic E-state index is 1.16. The van der Waals surface area contributed by atoms with E-state index >= 15 is 0 Å². The van der Waals surface area contributed by atoms with Crippen molar-refractivity contribution in [2.75, 3.05) is 0 Å². The molecule has 8 rings (SSSR count). The van der Waals surface area contributed by atoms with Crippen molar-refractivity contribution in [2.45, 2.75) is 0 Å². The molecule has 0 unspecified atom stereocenters. The van der Waals surface area contributed by atoms with Gasteiger partial charge in [0.05, 0.1) is 11.0 Å². The molecule has 0 spiro atoms. The quantitative estimate of drug-likeness (QED) is 0.258. The number of benzene rings is 6. The molecule has 38 heavy (non-hydrogen) atoms. The molecule has 0 saturated heterocycles. The molecule has 0 bridgehead atoms. The molecule has 0 saturated carbocycles. The highest BCUT2D eigenvalue weighted by Gasteiger charge is 2.15. The molecule has 0 amide bonds. The Morgan fingerprint density at radius 1 is 0.368 bits per heavy atom. The fourth-order valence-corrected chi connectivity index (χ4v) is 5.90. The predicted octanol–water partition coefficient (Wildman–Crippen LogP) is 9.75. The summed E-state index contributed by atoms with van der Waals surface area (Å²) in [5.74, 6) is 0. The number of hydrogen-bond acceptors (Lipinski definition) is 0. The second-order valence-corrected chi connectivity index (χ2v) is 9.93. The summed E-state index contributed by atoms with van der Waals surface area (Å²) in [6.45, 7) is 0. The highest BCUT2D eigenvalue weighted by molar-refractivity contribution is 6.13. The van der Waals surface area contributed by atoms with Crippen LogP contribution in [0, 0.1) is 0 Å². The van der Waals surface area contributed by atoms with Crippen LogP contribution in [-0.4, -0.2) is 9.55 Å². The first kappa shape index (κ1) is 21.0. The van der Waals surface area contributed by atoms with E-state index in [1.54, 1.807) is 0 Å². The first-order valence-electron chi connectivity index (χ1n) is 13.0. The summed E-state index contributed by atoms with van der Waals surface area (Å²) in [5, 5.41) is 5.02. The van der Waals surface area contributed by atoms with Crippen LogP contribution in [0.2, 0.25) is 0 Å². The molecule has 2 aromatic heterocycles. The van der Waals surface area contributed by atoms with Gasteiger partial charge in [-0.25, -0.2) is 0 Å². The van der Waals surface area contributed by atoms with Gasteiger partial charge in [0.2, 0.25) is 0 Å². The number of aromatic amines is 1. The van der Waals surface area contributed by atoms with E-state index in [0.29, 0.717) is 0 Å². The summed E-state index contributed by atoms with van der Waals surface area (Å²) >= 11 is 0. The monoisotopic (exact) mass is 484 g/mol. The molecule has 0 aliphatic rings. The number of fused-ring (bicyclic) bond motifs is 6. The molecule has 2 heteroatoms. The normalized spacial score (nSPS) is 11.7. The third-order valence-corrected chi connectivity index (χ3v) is 7.73. The molecule has 178 valence electrons. The van der Waals surface area contributed by atoms with Gasteiger partial charge in [-0.2, -0.15) is 0 Å². The van der Waals surface area contributed by atoms with E-state index < -0.39 is 0 Å². The number of nitrogens with one attached hydrogen (secondary N) is 1. The fourth-order valence-electron chi connectivity index (χ4n) is 5.90. The third kappa shape index (κ3) is 3.21. The van der Waals surface area contributed by atoms with Gasteiger partial charge in [-0.15, -0.1) is 0 Å². The largest absolute Gasteiger partial charge is 0.355 e. The van der Waals surface area contributed by atoms with E-state index in [-0.39, 0.29) is 0 Å². The lowest BCUT2D eigenvalue weighted by molar-refractivity contribution is 1.19. The number of para-hydroxylation sites is 1. The van der Waals surface area contributed by atoms with Crippen LogP contribution < -0.4 is 0 Å². The number of aromatic nitrogens is 2. The molecule has 0 radical (unpaired) electrons. The Morgan fingerprint density at radius 2 is 0.921 bits per heavy atom. The van der Waals surface area contributed by atoms with Gasteiger partial charge in [0.25, 0.3) is 0 Å². The van der Waals surface area contributed by atoms with Crippen LogP contribution in [0.25, 0.3) is 71.6 Å². The van der Waals surface area contributed by atoms with Crippen molar-refractivity contribution >= 4 is 43.6 Å². The average Bonchev–Trinajstić information content (AvgIpc) is 3.52. The lowest BCUT2D eigenvalue weighted by atomic mass is 10.0. The van der Waals surface area contributed by atoms with Gasteiger partial charge in [-0.3, -0.25) is 0 Å². The van der Waals surface area contributed by atoms with E-state index in [9.17, 15) is 0 Å². The fraction of sp³-hybridized carbons (Fsp3) is 0. The molecule has 8 aromatic rings. The molecular formula is C36H24N2. The second-order valence-electron chi connectivity index (χ2n) is 9.93. The summed E-state index contributed by atoms with van der Waals surface area (Å²) in [7, 11) is 0. The third-order valence-electron chi connectivity index (χ3n) is 7.73. The summed E-state index contributed by atoms with van der Waals surface area (Å²) in [4.78, 5) is 3.57. The maximum atomic E-state index is 3.57. The first-order chi connectivity index (χ1) is 18.8. The minimum Gasteiger partial charge on any atom is -0.355 e. The Bertz CT molecular complexity index is 2020. The van der Waals surface area contributed by atoms with Gasteiger partial charge in [-0.1, -0.05) is 91.0 Å².